The van der Waals surface area contributed by atoms with Crippen LogP contribution in [0.4, 0.5) is 0 Å². The van der Waals surface area contributed by atoms with Crippen LogP contribution in [0.2, 0.25) is 0 Å². The van der Waals surface area contributed by atoms with Gasteiger partial charge in [0, 0.05) is 12.4 Å². The van der Waals surface area contributed by atoms with Gasteiger partial charge in [0.25, 0.3) is 0 Å². The van der Waals surface area contributed by atoms with Gasteiger partial charge in [-0.1, -0.05) is 54.6 Å². The molecule has 0 spiro atoms. The number of rotatable bonds is 3. The average Bonchev–Trinajstić information content (AvgIpc) is 3.18. The number of hydrogen-bond acceptors (Lipinski definition) is 5. The maximum Gasteiger partial charge on any atom is 0.161 e. The van der Waals surface area contributed by atoms with Crippen LogP contribution in [-0.4, -0.2) is 18.2 Å². The molecule has 6 rings (SSSR count). The molecule has 3 heterocycles. The monoisotopic (exact) mass is 421 g/mol. The van der Waals surface area contributed by atoms with E-state index in [0.717, 1.165) is 44.9 Å². The summed E-state index contributed by atoms with van der Waals surface area (Å²) in [6.07, 6.45) is 3.39. The third-order valence-corrected chi connectivity index (χ3v) is 6.34. The Morgan fingerprint density at radius 3 is 2.50 bits per heavy atom. The van der Waals surface area contributed by atoms with E-state index in [1.54, 1.807) is 6.20 Å². The molecule has 0 radical (unpaired) electrons. The minimum Gasteiger partial charge on any atom is -0.486 e. The average molecular weight is 422 g/mol. The standard InChI is InChI=1S/C27H23N3O2/c28-26-22-8-1-2-9-23(22)27(30-26,21-10-11-24-25(16-21)32-14-13-31-24)20-7-3-5-18(15-20)19-6-4-12-29-17-19/h1-12,15-17,26,30H,13-14,28H2. The first-order valence-electron chi connectivity index (χ1n) is 10.8. The summed E-state index contributed by atoms with van der Waals surface area (Å²) in [6, 6.07) is 27.1. The number of nitrogens with zero attached hydrogens (tertiary/aromatic N) is 1. The first-order valence-corrected chi connectivity index (χ1v) is 10.8. The van der Waals surface area contributed by atoms with Gasteiger partial charge < -0.3 is 15.2 Å². The van der Waals surface area contributed by atoms with E-state index in [1.165, 1.54) is 0 Å². The molecular weight excluding hydrogens is 398 g/mol. The quantitative estimate of drug-likeness (QED) is 0.514. The summed E-state index contributed by atoms with van der Waals surface area (Å²) in [5, 5.41) is 3.72. The van der Waals surface area contributed by atoms with Crippen LogP contribution in [0.15, 0.2) is 91.3 Å². The summed E-state index contributed by atoms with van der Waals surface area (Å²) in [7, 11) is 0. The van der Waals surface area contributed by atoms with Crippen molar-refractivity contribution in [3.63, 3.8) is 0 Å². The Labute approximate surface area is 186 Å². The van der Waals surface area contributed by atoms with Crippen LogP contribution in [0, 0.1) is 0 Å². The van der Waals surface area contributed by atoms with Crippen molar-refractivity contribution in [2.75, 3.05) is 13.2 Å². The van der Waals surface area contributed by atoms with Crippen molar-refractivity contribution < 1.29 is 9.47 Å². The van der Waals surface area contributed by atoms with Crippen molar-refractivity contribution >= 4 is 0 Å². The zero-order chi connectivity index (χ0) is 21.5. The molecule has 1 aromatic heterocycles. The molecule has 2 aliphatic rings. The Morgan fingerprint density at radius 2 is 1.62 bits per heavy atom. The highest BCUT2D eigenvalue weighted by Crippen LogP contribution is 2.47. The van der Waals surface area contributed by atoms with Crippen LogP contribution in [-0.2, 0) is 5.54 Å². The lowest BCUT2D eigenvalue weighted by molar-refractivity contribution is 0.171. The second-order valence-electron chi connectivity index (χ2n) is 8.14. The van der Waals surface area contributed by atoms with Gasteiger partial charge in [-0.15, -0.1) is 0 Å². The normalized spacial score (nSPS) is 21.2. The first-order chi connectivity index (χ1) is 15.8. The fraction of sp³-hybridized carbons (Fsp3) is 0.148. The molecule has 32 heavy (non-hydrogen) atoms. The van der Waals surface area contributed by atoms with Crippen LogP contribution in [0.3, 0.4) is 0 Å². The van der Waals surface area contributed by atoms with Crippen molar-refractivity contribution in [1.29, 1.82) is 0 Å². The van der Waals surface area contributed by atoms with Crippen LogP contribution in [0.1, 0.15) is 28.4 Å². The molecule has 0 saturated heterocycles. The Bertz CT molecular complexity index is 1290. The van der Waals surface area contributed by atoms with E-state index >= 15 is 0 Å². The van der Waals surface area contributed by atoms with E-state index < -0.39 is 5.54 Å². The van der Waals surface area contributed by atoms with Gasteiger partial charge in [-0.3, -0.25) is 10.3 Å². The molecule has 3 aromatic carbocycles. The molecule has 5 heteroatoms. The second kappa shape index (κ2) is 7.48. The minimum absolute atomic E-state index is 0.290. The highest BCUT2D eigenvalue weighted by Gasteiger charge is 2.45. The highest BCUT2D eigenvalue weighted by molar-refractivity contribution is 5.67. The predicted molar refractivity (Wildman–Crippen MR) is 123 cm³/mol. The molecule has 158 valence electrons. The van der Waals surface area contributed by atoms with Crippen molar-refractivity contribution in [2.24, 2.45) is 5.73 Å². The molecule has 0 aliphatic carbocycles. The SMILES string of the molecule is NC1NC(c2cccc(-c3cccnc3)c2)(c2ccc3c(c2)OCCO3)c2ccccc21. The lowest BCUT2D eigenvalue weighted by atomic mass is 9.77. The van der Waals surface area contributed by atoms with Crippen molar-refractivity contribution in [3.8, 4) is 22.6 Å². The van der Waals surface area contributed by atoms with Crippen LogP contribution in [0.5, 0.6) is 11.5 Å². The van der Waals surface area contributed by atoms with Crippen LogP contribution >= 0.6 is 0 Å². The van der Waals surface area contributed by atoms with Crippen LogP contribution < -0.4 is 20.5 Å². The van der Waals surface area contributed by atoms with Gasteiger partial charge >= 0.3 is 0 Å². The summed E-state index contributed by atoms with van der Waals surface area (Å²) in [6.45, 7) is 1.11. The molecule has 0 saturated carbocycles. The molecule has 5 nitrogen and oxygen atoms in total. The molecule has 2 aliphatic heterocycles. The lowest BCUT2D eigenvalue weighted by Crippen LogP contribution is -2.42. The van der Waals surface area contributed by atoms with Crippen LogP contribution in [0.25, 0.3) is 11.1 Å². The summed E-state index contributed by atoms with van der Waals surface area (Å²) in [4.78, 5) is 4.29. The molecular formula is C27H23N3O2. The van der Waals surface area contributed by atoms with E-state index in [-0.39, 0.29) is 6.17 Å². The highest BCUT2D eigenvalue weighted by atomic mass is 16.6. The van der Waals surface area contributed by atoms with Crippen molar-refractivity contribution in [3.05, 3.63) is 114 Å². The number of fused-ring (bicyclic) bond motifs is 2. The van der Waals surface area contributed by atoms with E-state index in [9.17, 15) is 0 Å². The zero-order valence-corrected chi connectivity index (χ0v) is 17.5. The second-order valence-corrected chi connectivity index (χ2v) is 8.14. The summed E-state index contributed by atoms with van der Waals surface area (Å²) in [5.41, 5.74) is 12.6. The third kappa shape index (κ3) is 2.90. The molecule has 0 bridgehead atoms. The third-order valence-electron chi connectivity index (χ3n) is 6.34. The van der Waals surface area contributed by atoms with Crippen molar-refractivity contribution in [2.45, 2.75) is 11.7 Å². The fourth-order valence-corrected chi connectivity index (χ4v) is 4.88. The van der Waals surface area contributed by atoms with Gasteiger partial charge in [0.1, 0.15) is 13.2 Å². The molecule has 4 aromatic rings. The zero-order valence-electron chi connectivity index (χ0n) is 17.5. The fourth-order valence-electron chi connectivity index (χ4n) is 4.88. The van der Waals surface area contributed by atoms with Gasteiger partial charge in [0.15, 0.2) is 11.5 Å². The maximum atomic E-state index is 6.61. The molecule has 0 fully saturated rings. The molecule has 2 unspecified atom stereocenters. The molecule has 3 N–H and O–H groups in total. The van der Waals surface area contributed by atoms with E-state index in [2.05, 4.69) is 71.0 Å². The summed E-state index contributed by atoms with van der Waals surface area (Å²) in [5.74, 6) is 1.53. The summed E-state index contributed by atoms with van der Waals surface area (Å²) >= 11 is 0. The lowest BCUT2D eigenvalue weighted by Gasteiger charge is -2.34. The Hall–Kier alpha value is -3.67. The maximum absolute atomic E-state index is 6.61. The number of hydrogen-bond donors (Lipinski definition) is 2. The number of pyridine rings is 1. The van der Waals surface area contributed by atoms with Gasteiger partial charge in [0.05, 0.1) is 11.7 Å². The number of benzene rings is 3. The number of nitrogens with two attached hydrogens (primary N) is 1. The van der Waals surface area contributed by atoms with Crippen molar-refractivity contribution in [1.82, 2.24) is 10.3 Å². The topological polar surface area (TPSA) is 69.4 Å². The minimum atomic E-state index is -0.621. The number of ether oxygens (including phenoxy) is 2. The van der Waals surface area contributed by atoms with Gasteiger partial charge in [-0.25, -0.2) is 0 Å². The van der Waals surface area contributed by atoms with Gasteiger partial charge in [-0.05, 0) is 57.6 Å². The van der Waals surface area contributed by atoms with E-state index in [4.69, 9.17) is 15.2 Å². The molecule has 2 atom stereocenters. The van der Waals surface area contributed by atoms with E-state index in [0.29, 0.717) is 13.2 Å². The Kier molecular flexibility index (Phi) is 4.45. The number of aromatic nitrogens is 1. The predicted octanol–water partition coefficient (Wildman–Crippen LogP) is 4.37. The van der Waals surface area contributed by atoms with E-state index in [1.807, 2.05) is 24.4 Å². The number of nitrogens with one attached hydrogen (secondary N) is 1. The first kappa shape index (κ1) is 19.0. The Morgan fingerprint density at radius 1 is 0.812 bits per heavy atom. The Balaban J connectivity index is 1.59. The van der Waals surface area contributed by atoms with Gasteiger partial charge in [0.2, 0.25) is 0 Å². The summed E-state index contributed by atoms with van der Waals surface area (Å²) < 4.78 is 11.7. The molecule has 0 amide bonds. The van der Waals surface area contributed by atoms with Gasteiger partial charge in [-0.2, -0.15) is 0 Å². The smallest absolute Gasteiger partial charge is 0.161 e. The largest absolute Gasteiger partial charge is 0.486 e.